The summed E-state index contributed by atoms with van der Waals surface area (Å²) >= 11 is 3.40. The molecule has 2 rings (SSSR count). The van der Waals surface area contributed by atoms with Crippen LogP contribution < -0.4 is 4.74 Å². The van der Waals surface area contributed by atoms with E-state index in [2.05, 4.69) is 15.9 Å². The van der Waals surface area contributed by atoms with Crippen LogP contribution in [0.25, 0.3) is 11.1 Å². The van der Waals surface area contributed by atoms with E-state index in [1.165, 1.54) is 0 Å². The Labute approximate surface area is 126 Å². The predicted octanol–water partition coefficient (Wildman–Crippen LogP) is 4.36. The van der Waals surface area contributed by atoms with Gasteiger partial charge in [0.2, 0.25) is 0 Å². The average molecular weight is 335 g/mol. The Bertz CT molecular complexity index is 576. The maximum absolute atomic E-state index is 10.9. The summed E-state index contributed by atoms with van der Waals surface area (Å²) in [5.41, 5.74) is 2.17. The minimum atomic E-state index is -0.940. The van der Waals surface area contributed by atoms with Gasteiger partial charge >= 0.3 is 5.97 Å². The zero-order valence-electron chi connectivity index (χ0n) is 11.0. The van der Waals surface area contributed by atoms with E-state index >= 15 is 0 Å². The van der Waals surface area contributed by atoms with Crippen molar-refractivity contribution < 1.29 is 14.6 Å². The van der Waals surface area contributed by atoms with Gasteiger partial charge in [0.25, 0.3) is 0 Å². The lowest BCUT2D eigenvalue weighted by Crippen LogP contribution is -2.25. The van der Waals surface area contributed by atoms with Crippen LogP contribution in [-0.2, 0) is 4.79 Å². The lowest BCUT2D eigenvalue weighted by molar-refractivity contribution is -0.145. The van der Waals surface area contributed by atoms with Crippen LogP contribution in [0, 0.1) is 0 Å². The molecule has 3 nitrogen and oxygen atoms in total. The fraction of sp³-hybridized carbons (Fsp3) is 0.188. The molecule has 0 aromatic heterocycles. The normalized spacial score (nSPS) is 11.9. The fourth-order valence-electron chi connectivity index (χ4n) is 1.84. The van der Waals surface area contributed by atoms with Crippen molar-refractivity contribution in [2.24, 2.45) is 0 Å². The van der Waals surface area contributed by atoms with Gasteiger partial charge in [-0.2, -0.15) is 0 Å². The minimum absolute atomic E-state index is 0.434. The molecule has 0 amide bonds. The Kier molecular flexibility index (Phi) is 4.79. The predicted molar refractivity (Wildman–Crippen MR) is 81.9 cm³/mol. The molecule has 0 fully saturated rings. The van der Waals surface area contributed by atoms with Gasteiger partial charge in [-0.1, -0.05) is 47.1 Å². The van der Waals surface area contributed by atoms with Gasteiger partial charge in [-0.05, 0) is 41.8 Å². The summed E-state index contributed by atoms with van der Waals surface area (Å²) in [5.74, 6) is -0.371. The van der Waals surface area contributed by atoms with Crippen molar-refractivity contribution in [1.82, 2.24) is 0 Å². The molecule has 0 aliphatic heterocycles. The first-order valence-corrected chi connectivity index (χ1v) is 7.15. The van der Waals surface area contributed by atoms with Crippen molar-refractivity contribution in [2.75, 3.05) is 0 Å². The first kappa shape index (κ1) is 14.6. The van der Waals surface area contributed by atoms with E-state index in [1.54, 1.807) is 19.1 Å². The minimum Gasteiger partial charge on any atom is -0.479 e. The molecular formula is C16H15BrO3. The highest BCUT2D eigenvalue weighted by molar-refractivity contribution is 9.10. The smallest absolute Gasteiger partial charge is 0.344 e. The van der Waals surface area contributed by atoms with E-state index in [-0.39, 0.29) is 0 Å². The maximum Gasteiger partial charge on any atom is 0.344 e. The second-order valence-corrected chi connectivity index (χ2v) is 5.30. The van der Waals surface area contributed by atoms with Crippen molar-refractivity contribution >= 4 is 21.9 Å². The summed E-state index contributed by atoms with van der Waals surface area (Å²) in [6, 6.07) is 15.4. The van der Waals surface area contributed by atoms with Crippen molar-refractivity contribution in [3.8, 4) is 16.9 Å². The maximum atomic E-state index is 10.9. The molecule has 0 saturated carbocycles. The second kappa shape index (κ2) is 6.57. The molecule has 0 aliphatic rings. The molecule has 0 heterocycles. The standard InChI is InChI=1S/C16H15BrO3/c1-2-15(16(18)19)20-14-9-5-12(6-10-14)11-3-7-13(17)8-4-11/h3-10,15H,2H2,1H3,(H,18,19). The number of hydrogen-bond donors (Lipinski definition) is 1. The van der Waals surface area contributed by atoms with E-state index < -0.39 is 12.1 Å². The molecule has 104 valence electrons. The monoisotopic (exact) mass is 334 g/mol. The number of aliphatic carboxylic acids is 1. The molecule has 1 atom stereocenters. The van der Waals surface area contributed by atoms with E-state index in [0.29, 0.717) is 12.2 Å². The summed E-state index contributed by atoms with van der Waals surface area (Å²) in [4.78, 5) is 10.9. The molecule has 0 bridgehead atoms. The topological polar surface area (TPSA) is 46.5 Å². The van der Waals surface area contributed by atoms with Gasteiger partial charge in [0.1, 0.15) is 5.75 Å². The lowest BCUT2D eigenvalue weighted by atomic mass is 10.1. The highest BCUT2D eigenvalue weighted by atomic mass is 79.9. The summed E-state index contributed by atoms with van der Waals surface area (Å²) in [6.45, 7) is 1.79. The number of hydrogen-bond acceptors (Lipinski definition) is 2. The van der Waals surface area contributed by atoms with E-state index in [1.807, 2.05) is 36.4 Å². The SMILES string of the molecule is CCC(Oc1ccc(-c2ccc(Br)cc2)cc1)C(=O)O. The molecule has 2 aromatic rings. The fourth-order valence-corrected chi connectivity index (χ4v) is 2.11. The van der Waals surface area contributed by atoms with Gasteiger partial charge in [-0.15, -0.1) is 0 Å². The average Bonchev–Trinajstić information content (AvgIpc) is 2.46. The third-order valence-corrected chi connectivity index (χ3v) is 3.49. The number of ether oxygens (including phenoxy) is 1. The van der Waals surface area contributed by atoms with Gasteiger partial charge < -0.3 is 9.84 Å². The van der Waals surface area contributed by atoms with Crippen LogP contribution >= 0.6 is 15.9 Å². The number of carboxylic acids is 1. The Balaban J connectivity index is 2.13. The Hall–Kier alpha value is -1.81. The molecule has 2 aromatic carbocycles. The van der Waals surface area contributed by atoms with E-state index in [0.717, 1.165) is 15.6 Å². The van der Waals surface area contributed by atoms with Crippen LogP contribution in [0.4, 0.5) is 0 Å². The van der Waals surface area contributed by atoms with Crippen LogP contribution in [-0.4, -0.2) is 17.2 Å². The van der Waals surface area contributed by atoms with Crippen molar-refractivity contribution in [1.29, 1.82) is 0 Å². The molecular weight excluding hydrogens is 320 g/mol. The highest BCUT2D eigenvalue weighted by Gasteiger charge is 2.16. The molecule has 0 spiro atoms. The molecule has 1 N–H and O–H groups in total. The zero-order valence-corrected chi connectivity index (χ0v) is 12.6. The van der Waals surface area contributed by atoms with Gasteiger partial charge in [0.05, 0.1) is 0 Å². The number of rotatable bonds is 5. The number of benzene rings is 2. The lowest BCUT2D eigenvalue weighted by Gasteiger charge is -2.13. The molecule has 1 unspecified atom stereocenters. The van der Waals surface area contributed by atoms with Gasteiger partial charge in [0.15, 0.2) is 6.10 Å². The van der Waals surface area contributed by atoms with Crippen LogP contribution in [0.1, 0.15) is 13.3 Å². The number of halogens is 1. The molecule has 4 heteroatoms. The number of carboxylic acid groups (broad SMARTS) is 1. The van der Waals surface area contributed by atoms with Gasteiger partial charge in [-0.25, -0.2) is 4.79 Å². The molecule has 0 aliphatic carbocycles. The highest BCUT2D eigenvalue weighted by Crippen LogP contribution is 2.24. The molecule has 0 saturated heterocycles. The summed E-state index contributed by atoms with van der Waals surface area (Å²) in [7, 11) is 0. The Morgan fingerprint density at radius 3 is 2.05 bits per heavy atom. The van der Waals surface area contributed by atoms with Crippen molar-refractivity contribution in [3.63, 3.8) is 0 Å². The second-order valence-electron chi connectivity index (χ2n) is 4.38. The van der Waals surface area contributed by atoms with Gasteiger partial charge in [-0.3, -0.25) is 0 Å². The first-order chi connectivity index (χ1) is 9.60. The number of carbonyl (C=O) groups is 1. The van der Waals surface area contributed by atoms with Crippen LogP contribution in [0.3, 0.4) is 0 Å². The van der Waals surface area contributed by atoms with E-state index in [9.17, 15) is 4.79 Å². The summed E-state index contributed by atoms with van der Waals surface area (Å²) in [5, 5.41) is 8.96. The van der Waals surface area contributed by atoms with Crippen molar-refractivity contribution in [3.05, 3.63) is 53.0 Å². The Morgan fingerprint density at radius 2 is 1.60 bits per heavy atom. The van der Waals surface area contributed by atoms with Gasteiger partial charge in [0, 0.05) is 4.47 Å². The third-order valence-electron chi connectivity index (χ3n) is 2.96. The molecule has 0 radical (unpaired) electrons. The van der Waals surface area contributed by atoms with Crippen LogP contribution in [0.15, 0.2) is 53.0 Å². The quantitative estimate of drug-likeness (QED) is 0.883. The van der Waals surface area contributed by atoms with Crippen LogP contribution in [0.2, 0.25) is 0 Å². The summed E-state index contributed by atoms with van der Waals surface area (Å²) in [6.07, 6.45) is -0.363. The molecule has 20 heavy (non-hydrogen) atoms. The Morgan fingerprint density at radius 1 is 1.10 bits per heavy atom. The first-order valence-electron chi connectivity index (χ1n) is 6.35. The third kappa shape index (κ3) is 3.61. The zero-order chi connectivity index (χ0) is 14.5. The van der Waals surface area contributed by atoms with Crippen molar-refractivity contribution in [2.45, 2.75) is 19.4 Å². The van der Waals surface area contributed by atoms with E-state index in [4.69, 9.17) is 9.84 Å². The summed E-state index contributed by atoms with van der Waals surface area (Å²) < 4.78 is 6.46. The van der Waals surface area contributed by atoms with Crippen LogP contribution in [0.5, 0.6) is 5.75 Å². The largest absolute Gasteiger partial charge is 0.479 e.